The van der Waals surface area contributed by atoms with Crippen LogP contribution in [-0.2, 0) is 4.74 Å². The summed E-state index contributed by atoms with van der Waals surface area (Å²) in [4.78, 5) is 0. The van der Waals surface area contributed by atoms with Gasteiger partial charge < -0.3 is 9.47 Å². The van der Waals surface area contributed by atoms with Crippen molar-refractivity contribution in [1.29, 1.82) is 0 Å². The maximum Gasteiger partial charge on any atom is 0.119 e. The van der Waals surface area contributed by atoms with Crippen LogP contribution >= 0.6 is 0 Å². The van der Waals surface area contributed by atoms with E-state index in [1.54, 1.807) is 7.11 Å². The van der Waals surface area contributed by atoms with Gasteiger partial charge in [-0.1, -0.05) is 63.0 Å². The third kappa shape index (κ3) is 6.23. The summed E-state index contributed by atoms with van der Waals surface area (Å²) in [6.07, 6.45) is 14.2. The van der Waals surface area contributed by atoms with Crippen LogP contribution in [0.15, 0.2) is 48.1 Å². The summed E-state index contributed by atoms with van der Waals surface area (Å²) in [5, 5.41) is 0. The summed E-state index contributed by atoms with van der Waals surface area (Å²) in [7, 11) is 1.74. The van der Waals surface area contributed by atoms with E-state index in [9.17, 15) is 0 Å². The van der Waals surface area contributed by atoms with Crippen molar-refractivity contribution in [3.63, 3.8) is 0 Å². The van der Waals surface area contributed by atoms with Crippen molar-refractivity contribution in [3.8, 4) is 5.75 Å². The second kappa shape index (κ2) is 10.3. The number of benzene rings is 1. The number of methoxy groups -OCH3 is 1. The van der Waals surface area contributed by atoms with Crippen LogP contribution in [0.3, 0.4) is 0 Å². The van der Waals surface area contributed by atoms with Crippen LogP contribution in [0.5, 0.6) is 5.75 Å². The van der Waals surface area contributed by atoms with Gasteiger partial charge in [-0.15, -0.1) is 0 Å². The lowest BCUT2D eigenvalue weighted by atomic mass is 9.90. The molecule has 23 heavy (non-hydrogen) atoms. The zero-order chi connectivity index (χ0) is 16.3. The first-order chi connectivity index (χ1) is 11.3. The topological polar surface area (TPSA) is 18.5 Å². The Kier molecular flexibility index (Phi) is 7.96. The Bertz CT molecular complexity index is 499. The summed E-state index contributed by atoms with van der Waals surface area (Å²) in [6.45, 7) is 3.78. The number of rotatable bonds is 10. The minimum atomic E-state index is 0.471. The van der Waals surface area contributed by atoms with Crippen LogP contribution in [0, 0.1) is 0 Å². The molecular formula is C21H30O2. The molecule has 1 aromatic carbocycles. The van der Waals surface area contributed by atoms with E-state index in [1.165, 1.54) is 36.8 Å². The van der Waals surface area contributed by atoms with E-state index >= 15 is 0 Å². The molecule has 0 fully saturated rings. The fraction of sp³-hybridized carbons (Fsp3) is 0.524. The summed E-state index contributed by atoms with van der Waals surface area (Å²) in [6, 6.07) is 8.58. The monoisotopic (exact) mass is 314 g/mol. The first-order valence-electron chi connectivity index (χ1n) is 8.92. The van der Waals surface area contributed by atoms with Crippen molar-refractivity contribution in [1.82, 2.24) is 0 Å². The average molecular weight is 314 g/mol. The van der Waals surface area contributed by atoms with Gasteiger partial charge >= 0.3 is 0 Å². The SMILES string of the molecule is CCCCCCCOc1ccc(C2C=CC(COC)=CC2)cc1. The van der Waals surface area contributed by atoms with Crippen molar-refractivity contribution in [2.75, 3.05) is 20.3 Å². The standard InChI is InChI=1S/C21H30O2/c1-3-4-5-6-7-16-23-21-14-12-20(13-15-21)19-10-8-18(9-11-19)17-22-2/h8-10,12-15,19H,3-7,11,16-17H2,1-2H3. The first kappa shape index (κ1) is 17.8. The minimum Gasteiger partial charge on any atom is -0.494 e. The molecule has 1 aliphatic carbocycles. The zero-order valence-electron chi connectivity index (χ0n) is 14.6. The second-order valence-corrected chi connectivity index (χ2v) is 6.25. The van der Waals surface area contributed by atoms with Crippen LogP contribution in [0.25, 0.3) is 0 Å². The smallest absolute Gasteiger partial charge is 0.119 e. The number of allylic oxidation sites excluding steroid dienone is 2. The van der Waals surface area contributed by atoms with Crippen molar-refractivity contribution in [3.05, 3.63) is 53.6 Å². The molecule has 2 rings (SSSR count). The maximum absolute atomic E-state index is 5.83. The van der Waals surface area contributed by atoms with Gasteiger partial charge in [0.1, 0.15) is 5.75 Å². The molecule has 0 bridgehead atoms. The molecule has 126 valence electrons. The summed E-state index contributed by atoms with van der Waals surface area (Å²) < 4.78 is 11.0. The molecule has 1 atom stereocenters. The molecule has 0 saturated heterocycles. The Hall–Kier alpha value is -1.54. The highest BCUT2D eigenvalue weighted by molar-refractivity contribution is 5.36. The molecule has 0 radical (unpaired) electrons. The fourth-order valence-electron chi connectivity index (χ4n) is 2.89. The average Bonchev–Trinajstić information content (AvgIpc) is 2.60. The molecule has 0 N–H and O–H groups in total. The Morgan fingerprint density at radius 2 is 1.83 bits per heavy atom. The third-order valence-electron chi connectivity index (χ3n) is 4.31. The normalized spacial score (nSPS) is 17.1. The van der Waals surface area contributed by atoms with Gasteiger partial charge in [0, 0.05) is 13.0 Å². The van der Waals surface area contributed by atoms with Crippen molar-refractivity contribution >= 4 is 0 Å². The largest absolute Gasteiger partial charge is 0.494 e. The quantitative estimate of drug-likeness (QED) is 0.519. The fourth-order valence-corrected chi connectivity index (χ4v) is 2.89. The van der Waals surface area contributed by atoms with Gasteiger partial charge in [-0.3, -0.25) is 0 Å². The van der Waals surface area contributed by atoms with Crippen LogP contribution in [0.4, 0.5) is 0 Å². The van der Waals surface area contributed by atoms with Crippen LogP contribution < -0.4 is 4.74 Å². The highest BCUT2D eigenvalue weighted by atomic mass is 16.5. The van der Waals surface area contributed by atoms with Crippen molar-refractivity contribution < 1.29 is 9.47 Å². The molecule has 0 heterocycles. The number of hydrogen-bond donors (Lipinski definition) is 0. The Balaban J connectivity index is 1.74. The van der Waals surface area contributed by atoms with E-state index in [1.807, 2.05) is 0 Å². The Labute approximate surface area is 141 Å². The maximum atomic E-state index is 5.83. The van der Waals surface area contributed by atoms with Gasteiger partial charge in [0.05, 0.1) is 13.2 Å². The van der Waals surface area contributed by atoms with Gasteiger partial charge in [-0.2, -0.15) is 0 Å². The predicted molar refractivity (Wildman–Crippen MR) is 97.2 cm³/mol. The van der Waals surface area contributed by atoms with E-state index < -0.39 is 0 Å². The van der Waals surface area contributed by atoms with Crippen molar-refractivity contribution in [2.24, 2.45) is 0 Å². The van der Waals surface area contributed by atoms with E-state index in [0.717, 1.165) is 25.2 Å². The lowest BCUT2D eigenvalue weighted by Crippen LogP contribution is -2.02. The molecule has 2 nitrogen and oxygen atoms in total. The molecule has 2 heteroatoms. The van der Waals surface area contributed by atoms with E-state index in [2.05, 4.69) is 49.4 Å². The lowest BCUT2D eigenvalue weighted by Gasteiger charge is -2.17. The third-order valence-corrected chi connectivity index (χ3v) is 4.31. The molecular weight excluding hydrogens is 284 g/mol. The molecule has 0 aliphatic heterocycles. The minimum absolute atomic E-state index is 0.471. The molecule has 0 spiro atoms. The van der Waals surface area contributed by atoms with E-state index in [0.29, 0.717) is 12.5 Å². The van der Waals surface area contributed by atoms with Crippen LogP contribution in [0.1, 0.15) is 56.9 Å². The summed E-state index contributed by atoms with van der Waals surface area (Å²) in [5.74, 6) is 1.46. The van der Waals surface area contributed by atoms with E-state index in [4.69, 9.17) is 9.47 Å². The Morgan fingerprint density at radius 3 is 2.48 bits per heavy atom. The second-order valence-electron chi connectivity index (χ2n) is 6.25. The highest BCUT2D eigenvalue weighted by Gasteiger charge is 2.11. The van der Waals surface area contributed by atoms with Gasteiger partial charge in [0.15, 0.2) is 0 Å². The van der Waals surface area contributed by atoms with E-state index in [-0.39, 0.29) is 0 Å². The van der Waals surface area contributed by atoms with Gasteiger partial charge in [-0.05, 0) is 36.1 Å². The summed E-state index contributed by atoms with van der Waals surface area (Å²) in [5.41, 5.74) is 2.62. The van der Waals surface area contributed by atoms with Gasteiger partial charge in [-0.25, -0.2) is 0 Å². The number of hydrogen-bond acceptors (Lipinski definition) is 2. The number of unbranched alkanes of at least 4 members (excludes halogenated alkanes) is 4. The molecule has 1 aromatic rings. The molecule has 1 unspecified atom stereocenters. The molecule has 1 aliphatic rings. The highest BCUT2D eigenvalue weighted by Crippen LogP contribution is 2.28. The Morgan fingerprint density at radius 1 is 1.04 bits per heavy atom. The zero-order valence-corrected chi connectivity index (χ0v) is 14.6. The molecule has 0 amide bonds. The van der Waals surface area contributed by atoms with Crippen LogP contribution in [-0.4, -0.2) is 20.3 Å². The lowest BCUT2D eigenvalue weighted by molar-refractivity contribution is 0.227. The summed E-state index contributed by atoms with van der Waals surface area (Å²) >= 11 is 0. The molecule has 0 aromatic heterocycles. The number of ether oxygens (including phenoxy) is 2. The van der Waals surface area contributed by atoms with Gasteiger partial charge in [0.25, 0.3) is 0 Å². The van der Waals surface area contributed by atoms with Crippen molar-refractivity contribution in [2.45, 2.75) is 51.4 Å². The van der Waals surface area contributed by atoms with Crippen LogP contribution in [0.2, 0.25) is 0 Å². The molecule has 0 saturated carbocycles. The predicted octanol–water partition coefficient (Wildman–Crippen LogP) is 5.65. The van der Waals surface area contributed by atoms with Gasteiger partial charge in [0.2, 0.25) is 0 Å². The first-order valence-corrected chi connectivity index (χ1v) is 8.92.